The van der Waals surface area contributed by atoms with Crippen LogP contribution in [-0.2, 0) is 16.6 Å². The SMILES string of the molecule is O=c1[nH]cc(S(=O)(=O)NCc2ncc[nH]2)cc1Cl. The van der Waals surface area contributed by atoms with Gasteiger partial charge in [-0.05, 0) is 6.07 Å². The molecule has 18 heavy (non-hydrogen) atoms. The molecule has 7 nitrogen and oxygen atoms in total. The summed E-state index contributed by atoms with van der Waals surface area (Å²) in [4.78, 5) is 19.8. The number of pyridine rings is 1. The molecule has 0 amide bonds. The van der Waals surface area contributed by atoms with E-state index in [1.165, 1.54) is 6.20 Å². The number of nitrogens with zero attached hydrogens (tertiary/aromatic N) is 1. The van der Waals surface area contributed by atoms with E-state index >= 15 is 0 Å². The van der Waals surface area contributed by atoms with Crippen molar-refractivity contribution in [3.05, 3.63) is 45.9 Å². The van der Waals surface area contributed by atoms with Gasteiger partial charge in [0.15, 0.2) is 0 Å². The van der Waals surface area contributed by atoms with E-state index < -0.39 is 15.6 Å². The van der Waals surface area contributed by atoms with Crippen LogP contribution in [-0.4, -0.2) is 23.4 Å². The van der Waals surface area contributed by atoms with Gasteiger partial charge < -0.3 is 9.97 Å². The summed E-state index contributed by atoms with van der Waals surface area (Å²) in [6.07, 6.45) is 4.18. The highest BCUT2D eigenvalue weighted by Gasteiger charge is 2.15. The molecule has 0 atom stereocenters. The first-order chi connectivity index (χ1) is 8.49. The molecule has 0 saturated carbocycles. The number of aromatic nitrogens is 3. The Morgan fingerprint density at radius 2 is 2.17 bits per heavy atom. The number of nitrogens with one attached hydrogen (secondary N) is 3. The van der Waals surface area contributed by atoms with Gasteiger partial charge in [-0.3, -0.25) is 4.79 Å². The number of sulfonamides is 1. The lowest BCUT2D eigenvalue weighted by molar-refractivity contribution is 0.579. The van der Waals surface area contributed by atoms with E-state index in [2.05, 4.69) is 19.7 Å². The summed E-state index contributed by atoms with van der Waals surface area (Å²) in [5.41, 5.74) is -0.540. The van der Waals surface area contributed by atoms with Crippen molar-refractivity contribution in [1.82, 2.24) is 19.7 Å². The first kappa shape index (κ1) is 12.8. The summed E-state index contributed by atoms with van der Waals surface area (Å²) in [6, 6.07) is 1.09. The second-order valence-corrected chi connectivity index (χ2v) is 5.55. The van der Waals surface area contributed by atoms with Gasteiger partial charge in [-0.1, -0.05) is 11.6 Å². The van der Waals surface area contributed by atoms with Crippen molar-refractivity contribution in [2.75, 3.05) is 0 Å². The second kappa shape index (κ2) is 4.92. The zero-order chi connectivity index (χ0) is 13.2. The van der Waals surface area contributed by atoms with Crippen molar-refractivity contribution in [2.45, 2.75) is 11.4 Å². The Hall–Kier alpha value is -1.64. The summed E-state index contributed by atoms with van der Waals surface area (Å²) in [6.45, 7) is 0.0199. The molecule has 9 heteroatoms. The molecular weight excluding hydrogens is 280 g/mol. The first-order valence-corrected chi connectivity index (χ1v) is 6.71. The fourth-order valence-corrected chi connectivity index (χ4v) is 2.45. The zero-order valence-corrected chi connectivity index (χ0v) is 10.5. The molecule has 2 aromatic heterocycles. The molecule has 0 fully saturated rings. The van der Waals surface area contributed by atoms with E-state index in [0.717, 1.165) is 12.3 Å². The van der Waals surface area contributed by atoms with Gasteiger partial charge in [0.1, 0.15) is 10.8 Å². The third-order valence-corrected chi connectivity index (χ3v) is 3.79. The first-order valence-electron chi connectivity index (χ1n) is 4.85. The summed E-state index contributed by atoms with van der Waals surface area (Å²) in [7, 11) is -3.74. The Balaban J connectivity index is 2.20. The lowest BCUT2D eigenvalue weighted by Crippen LogP contribution is -2.24. The van der Waals surface area contributed by atoms with Crippen LogP contribution in [0.5, 0.6) is 0 Å². The lowest BCUT2D eigenvalue weighted by atomic mass is 10.5. The van der Waals surface area contributed by atoms with Crippen LogP contribution in [0.3, 0.4) is 0 Å². The van der Waals surface area contributed by atoms with E-state index in [9.17, 15) is 13.2 Å². The molecule has 3 N–H and O–H groups in total. The van der Waals surface area contributed by atoms with Crippen molar-refractivity contribution in [3.63, 3.8) is 0 Å². The maximum absolute atomic E-state index is 11.9. The van der Waals surface area contributed by atoms with Crippen LogP contribution in [0.4, 0.5) is 0 Å². The summed E-state index contributed by atoms with van der Waals surface area (Å²) >= 11 is 5.57. The zero-order valence-electron chi connectivity index (χ0n) is 8.97. The number of H-pyrrole nitrogens is 2. The van der Waals surface area contributed by atoms with Crippen molar-refractivity contribution in [2.24, 2.45) is 0 Å². The van der Waals surface area contributed by atoms with Crippen LogP contribution in [0.15, 0.2) is 34.3 Å². The highest BCUT2D eigenvalue weighted by molar-refractivity contribution is 7.89. The fraction of sp³-hybridized carbons (Fsp3) is 0.111. The van der Waals surface area contributed by atoms with Gasteiger partial charge in [0.05, 0.1) is 11.4 Å². The van der Waals surface area contributed by atoms with E-state index in [0.29, 0.717) is 5.82 Å². The third kappa shape index (κ3) is 2.78. The molecule has 0 aliphatic heterocycles. The van der Waals surface area contributed by atoms with Crippen molar-refractivity contribution in [3.8, 4) is 0 Å². The van der Waals surface area contributed by atoms with E-state index in [1.807, 2.05) is 0 Å². The molecule has 2 heterocycles. The van der Waals surface area contributed by atoms with Crippen molar-refractivity contribution in [1.29, 1.82) is 0 Å². The Labute approximate surface area is 107 Å². The molecular formula is C9H9ClN4O3S. The second-order valence-electron chi connectivity index (χ2n) is 3.37. The quantitative estimate of drug-likeness (QED) is 0.748. The fourth-order valence-electron chi connectivity index (χ4n) is 1.23. The molecule has 0 aliphatic rings. The van der Waals surface area contributed by atoms with Gasteiger partial charge in [-0.2, -0.15) is 0 Å². The minimum Gasteiger partial charge on any atom is -0.347 e. The Bertz CT molecular complexity index is 693. The molecule has 0 unspecified atom stereocenters. The molecule has 2 aromatic rings. The van der Waals surface area contributed by atoms with E-state index in [4.69, 9.17) is 11.6 Å². The molecule has 2 rings (SSSR count). The predicted molar refractivity (Wildman–Crippen MR) is 64.7 cm³/mol. The average molecular weight is 289 g/mol. The molecule has 0 saturated heterocycles. The van der Waals surface area contributed by atoms with Crippen LogP contribution in [0.2, 0.25) is 5.02 Å². The molecule has 0 radical (unpaired) electrons. The number of aromatic amines is 2. The minimum absolute atomic E-state index is 0.0199. The smallest absolute Gasteiger partial charge is 0.266 e. The number of rotatable bonds is 4. The Kier molecular flexibility index (Phi) is 3.50. The topological polar surface area (TPSA) is 108 Å². The average Bonchev–Trinajstić information content (AvgIpc) is 2.83. The van der Waals surface area contributed by atoms with Crippen LogP contribution in [0.25, 0.3) is 0 Å². The van der Waals surface area contributed by atoms with Crippen molar-refractivity contribution >= 4 is 21.6 Å². The number of halogens is 1. The maximum Gasteiger partial charge on any atom is 0.266 e. The summed E-state index contributed by atoms with van der Waals surface area (Å²) in [5, 5.41) is -0.184. The van der Waals surface area contributed by atoms with Crippen LogP contribution in [0.1, 0.15) is 5.82 Å². The van der Waals surface area contributed by atoms with Crippen LogP contribution in [0, 0.1) is 0 Å². The summed E-state index contributed by atoms with van der Waals surface area (Å²) < 4.78 is 26.0. The van der Waals surface area contributed by atoms with Gasteiger partial charge in [-0.25, -0.2) is 18.1 Å². The Morgan fingerprint density at radius 1 is 1.39 bits per heavy atom. The monoisotopic (exact) mass is 288 g/mol. The van der Waals surface area contributed by atoms with Crippen LogP contribution >= 0.6 is 11.6 Å². The van der Waals surface area contributed by atoms with Gasteiger partial charge in [0.2, 0.25) is 10.0 Å². The number of hydrogen-bond acceptors (Lipinski definition) is 4. The predicted octanol–water partition coefficient (Wildman–Crippen LogP) is 0.230. The minimum atomic E-state index is -3.74. The van der Waals surface area contributed by atoms with Gasteiger partial charge >= 0.3 is 0 Å². The highest BCUT2D eigenvalue weighted by atomic mass is 35.5. The van der Waals surface area contributed by atoms with E-state index in [-0.39, 0.29) is 16.5 Å². The molecule has 96 valence electrons. The van der Waals surface area contributed by atoms with Gasteiger partial charge in [0, 0.05) is 18.6 Å². The van der Waals surface area contributed by atoms with E-state index in [1.54, 1.807) is 6.20 Å². The molecule has 0 spiro atoms. The molecule has 0 aromatic carbocycles. The largest absolute Gasteiger partial charge is 0.347 e. The highest BCUT2D eigenvalue weighted by Crippen LogP contribution is 2.10. The van der Waals surface area contributed by atoms with Gasteiger partial charge in [0.25, 0.3) is 5.56 Å². The standard InChI is InChI=1S/C9H9ClN4O3S/c10-7-3-6(4-13-9(7)15)18(16,17)14-5-8-11-1-2-12-8/h1-4,14H,5H2,(H,11,12)(H,13,15). The number of imidazole rings is 1. The maximum atomic E-state index is 11.9. The molecule has 0 bridgehead atoms. The number of hydrogen-bond donors (Lipinski definition) is 3. The van der Waals surface area contributed by atoms with Crippen LogP contribution < -0.4 is 10.3 Å². The normalized spacial score (nSPS) is 11.6. The Morgan fingerprint density at radius 3 is 2.78 bits per heavy atom. The molecule has 0 aliphatic carbocycles. The van der Waals surface area contributed by atoms with Gasteiger partial charge in [-0.15, -0.1) is 0 Å². The lowest BCUT2D eigenvalue weighted by Gasteiger charge is -2.05. The summed E-state index contributed by atoms with van der Waals surface area (Å²) in [5.74, 6) is 0.481. The third-order valence-electron chi connectivity index (χ3n) is 2.13. The van der Waals surface area contributed by atoms with Crippen molar-refractivity contribution < 1.29 is 8.42 Å².